The Kier molecular flexibility index (Phi) is 4.72. The summed E-state index contributed by atoms with van der Waals surface area (Å²) < 4.78 is 0. The number of carbonyl (C=O) groups excluding carboxylic acids is 2. The second-order valence-electron chi connectivity index (χ2n) is 3.21. The van der Waals surface area contributed by atoms with E-state index in [1.165, 1.54) is 11.3 Å². The third-order valence-electron chi connectivity index (χ3n) is 1.91. The van der Waals surface area contributed by atoms with Gasteiger partial charge in [0.25, 0.3) is 5.91 Å². The third-order valence-corrected chi connectivity index (χ3v) is 2.78. The Morgan fingerprint density at radius 3 is 2.94 bits per heavy atom. The van der Waals surface area contributed by atoms with Crippen LogP contribution in [0.4, 0.5) is 0 Å². The van der Waals surface area contributed by atoms with Crippen LogP contribution in [-0.2, 0) is 4.79 Å². The molecule has 1 unspecified atom stereocenters. The third kappa shape index (κ3) is 3.51. The molecular formula is C11H14N2O2S. The number of amides is 2. The van der Waals surface area contributed by atoms with E-state index in [1.54, 1.807) is 25.1 Å². The molecule has 0 fully saturated rings. The summed E-state index contributed by atoms with van der Waals surface area (Å²) in [7, 11) is 0. The van der Waals surface area contributed by atoms with Crippen molar-refractivity contribution in [3.8, 4) is 0 Å². The first kappa shape index (κ1) is 12.4. The maximum Gasteiger partial charge on any atom is 0.261 e. The second kappa shape index (κ2) is 6.07. The molecule has 0 aliphatic carbocycles. The van der Waals surface area contributed by atoms with E-state index in [1.807, 2.05) is 5.38 Å². The van der Waals surface area contributed by atoms with Crippen molar-refractivity contribution in [2.75, 3.05) is 6.54 Å². The lowest BCUT2D eigenvalue weighted by Crippen LogP contribution is -2.44. The van der Waals surface area contributed by atoms with Crippen molar-refractivity contribution >= 4 is 23.2 Å². The predicted molar refractivity (Wildman–Crippen MR) is 64.5 cm³/mol. The molecule has 2 N–H and O–H groups in total. The van der Waals surface area contributed by atoms with Crippen molar-refractivity contribution in [3.05, 3.63) is 35.0 Å². The minimum Gasteiger partial charge on any atom is -0.351 e. The van der Waals surface area contributed by atoms with Crippen LogP contribution in [0.25, 0.3) is 0 Å². The Labute approximate surface area is 98.4 Å². The van der Waals surface area contributed by atoms with Gasteiger partial charge in [0.05, 0.1) is 4.88 Å². The summed E-state index contributed by atoms with van der Waals surface area (Å²) in [5.41, 5.74) is 0. The van der Waals surface area contributed by atoms with Crippen LogP contribution in [0.15, 0.2) is 30.2 Å². The molecule has 5 heteroatoms. The Morgan fingerprint density at radius 1 is 1.62 bits per heavy atom. The van der Waals surface area contributed by atoms with Crippen molar-refractivity contribution in [3.63, 3.8) is 0 Å². The van der Waals surface area contributed by atoms with E-state index in [2.05, 4.69) is 17.2 Å². The van der Waals surface area contributed by atoms with Gasteiger partial charge in [0.15, 0.2) is 0 Å². The first-order valence-electron chi connectivity index (χ1n) is 4.88. The van der Waals surface area contributed by atoms with Gasteiger partial charge in [-0.05, 0) is 18.4 Å². The van der Waals surface area contributed by atoms with Gasteiger partial charge < -0.3 is 10.6 Å². The Bertz CT molecular complexity index is 373. The summed E-state index contributed by atoms with van der Waals surface area (Å²) >= 11 is 1.34. The molecule has 0 bridgehead atoms. The van der Waals surface area contributed by atoms with E-state index in [0.29, 0.717) is 11.4 Å². The number of thiophene rings is 1. The zero-order valence-electron chi connectivity index (χ0n) is 9.03. The van der Waals surface area contributed by atoms with E-state index in [4.69, 9.17) is 0 Å². The predicted octanol–water partition coefficient (Wildman–Crippen LogP) is 1.17. The highest BCUT2D eigenvalue weighted by molar-refractivity contribution is 7.12. The van der Waals surface area contributed by atoms with E-state index in [9.17, 15) is 9.59 Å². The van der Waals surface area contributed by atoms with Gasteiger partial charge in [-0.25, -0.2) is 0 Å². The Hall–Kier alpha value is -1.62. The minimum atomic E-state index is -0.547. The zero-order chi connectivity index (χ0) is 12.0. The van der Waals surface area contributed by atoms with E-state index in [0.717, 1.165) is 0 Å². The molecular weight excluding hydrogens is 224 g/mol. The molecule has 1 heterocycles. The van der Waals surface area contributed by atoms with Crippen molar-refractivity contribution < 1.29 is 9.59 Å². The monoisotopic (exact) mass is 238 g/mol. The summed E-state index contributed by atoms with van der Waals surface area (Å²) in [6, 6.07) is 2.96. The molecule has 0 spiro atoms. The van der Waals surface area contributed by atoms with Crippen LogP contribution < -0.4 is 10.6 Å². The molecule has 86 valence electrons. The van der Waals surface area contributed by atoms with Crippen LogP contribution in [0.5, 0.6) is 0 Å². The maximum absolute atomic E-state index is 11.6. The van der Waals surface area contributed by atoms with Gasteiger partial charge in [0.2, 0.25) is 5.91 Å². The van der Waals surface area contributed by atoms with Gasteiger partial charge in [-0.15, -0.1) is 17.9 Å². The van der Waals surface area contributed by atoms with Crippen molar-refractivity contribution in [1.29, 1.82) is 0 Å². The lowest BCUT2D eigenvalue weighted by molar-refractivity contribution is -0.122. The Balaban J connectivity index is 2.45. The van der Waals surface area contributed by atoms with Crippen LogP contribution in [0.2, 0.25) is 0 Å². The number of rotatable bonds is 5. The van der Waals surface area contributed by atoms with Gasteiger partial charge in [-0.1, -0.05) is 12.1 Å². The number of carbonyl (C=O) groups is 2. The van der Waals surface area contributed by atoms with Gasteiger partial charge >= 0.3 is 0 Å². The molecule has 4 nitrogen and oxygen atoms in total. The molecule has 2 amide bonds. The van der Waals surface area contributed by atoms with E-state index >= 15 is 0 Å². The normalized spacial score (nSPS) is 11.6. The van der Waals surface area contributed by atoms with Gasteiger partial charge in [0, 0.05) is 6.54 Å². The lowest BCUT2D eigenvalue weighted by atomic mass is 10.3. The molecule has 1 atom stereocenters. The first-order valence-corrected chi connectivity index (χ1v) is 5.76. The number of nitrogens with one attached hydrogen (secondary N) is 2. The lowest BCUT2D eigenvalue weighted by Gasteiger charge is -2.12. The quantitative estimate of drug-likeness (QED) is 0.756. The highest BCUT2D eigenvalue weighted by Crippen LogP contribution is 2.07. The summed E-state index contributed by atoms with van der Waals surface area (Å²) in [4.78, 5) is 23.6. The minimum absolute atomic E-state index is 0.218. The van der Waals surface area contributed by atoms with Gasteiger partial charge in [-0.2, -0.15) is 0 Å². The molecule has 1 aromatic rings. The molecule has 0 saturated heterocycles. The molecule has 0 aliphatic heterocycles. The van der Waals surface area contributed by atoms with E-state index < -0.39 is 6.04 Å². The molecule has 1 rings (SSSR count). The van der Waals surface area contributed by atoms with Crippen molar-refractivity contribution in [2.45, 2.75) is 13.0 Å². The summed E-state index contributed by atoms with van der Waals surface area (Å²) in [6.45, 7) is 5.54. The maximum atomic E-state index is 11.6. The number of hydrogen-bond acceptors (Lipinski definition) is 3. The zero-order valence-corrected chi connectivity index (χ0v) is 9.84. The van der Waals surface area contributed by atoms with Crippen LogP contribution in [0.1, 0.15) is 16.6 Å². The summed E-state index contributed by atoms with van der Waals surface area (Å²) in [5, 5.41) is 7.05. The SMILES string of the molecule is C=CCNC(=O)C(C)NC(=O)c1cccs1. The fourth-order valence-electron chi connectivity index (χ4n) is 1.07. The highest BCUT2D eigenvalue weighted by atomic mass is 32.1. The topological polar surface area (TPSA) is 58.2 Å². The molecule has 1 aromatic heterocycles. The smallest absolute Gasteiger partial charge is 0.261 e. The van der Waals surface area contributed by atoms with E-state index in [-0.39, 0.29) is 11.8 Å². The summed E-state index contributed by atoms with van der Waals surface area (Å²) in [6.07, 6.45) is 1.59. The molecule has 16 heavy (non-hydrogen) atoms. The van der Waals surface area contributed by atoms with Crippen molar-refractivity contribution in [1.82, 2.24) is 10.6 Å². The second-order valence-corrected chi connectivity index (χ2v) is 4.15. The average molecular weight is 238 g/mol. The molecule has 0 radical (unpaired) electrons. The average Bonchev–Trinajstić information content (AvgIpc) is 2.79. The largest absolute Gasteiger partial charge is 0.351 e. The Morgan fingerprint density at radius 2 is 2.38 bits per heavy atom. The fourth-order valence-corrected chi connectivity index (χ4v) is 1.69. The van der Waals surface area contributed by atoms with Crippen LogP contribution in [-0.4, -0.2) is 24.4 Å². The van der Waals surface area contributed by atoms with Crippen LogP contribution >= 0.6 is 11.3 Å². The fraction of sp³-hybridized carbons (Fsp3) is 0.273. The summed E-state index contributed by atoms with van der Waals surface area (Å²) in [5.74, 6) is -0.443. The highest BCUT2D eigenvalue weighted by Gasteiger charge is 2.15. The van der Waals surface area contributed by atoms with Crippen molar-refractivity contribution in [2.24, 2.45) is 0 Å². The van der Waals surface area contributed by atoms with Gasteiger partial charge in [0.1, 0.15) is 6.04 Å². The molecule has 0 aliphatic rings. The first-order chi connectivity index (χ1) is 7.65. The number of hydrogen-bond donors (Lipinski definition) is 2. The van der Waals surface area contributed by atoms with Crippen LogP contribution in [0.3, 0.4) is 0 Å². The molecule has 0 aromatic carbocycles. The van der Waals surface area contributed by atoms with Gasteiger partial charge in [-0.3, -0.25) is 9.59 Å². The molecule has 0 saturated carbocycles. The standard InChI is InChI=1S/C11H14N2O2S/c1-3-6-12-10(14)8(2)13-11(15)9-5-4-7-16-9/h3-5,7-8H,1,6H2,2H3,(H,12,14)(H,13,15). The van der Waals surface area contributed by atoms with Crippen LogP contribution in [0, 0.1) is 0 Å².